The summed E-state index contributed by atoms with van der Waals surface area (Å²) in [4.78, 5) is 15.1. The Morgan fingerprint density at radius 1 is 1.14 bits per heavy atom. The van der Waals surface area contributed by atoms with Gasteiger partial charge in [0.15, 0.2) is 0 Å². The van der Waals surface area contributed by atoms with E-state index in [4.69, 9.17) is 11.6 Å². The van der Waals surface area contributed by atoms with Gasteiger partial charge in [-0.3, -0.25) is 4.79 Å². The number of halogens is 1. The predicted octanol–water partition coefficient (Wildman–Crippen LogP) is 4.35. The van der Waals surface area contributed by atoms with Gasteiger partial charge in [0.1, 0.15) is 4.90 Å². The van der Waals surface area contributed by atoms with E-state index in [1.165, 1.54) is 16.4 Å². The first kappa shape index (κ1) is 20.4. The van der Waals surface area contributed by atoms with E-state index in [0.717, 1.165) is 30.5 Å². The summed E-state index contributed by atoms with van der Waals surface area (Å²) in [6.07, 6.45) is 2.63. The molecule has 1 amide bonds. The monoisotopic (exact) mass is 432 g/mol. The fraction of sp³-hybridized carbons (Fsp3) is 0.409. The molecule has 0 radical (unpaired) electrons. The molecule has 0 aromatic heterocycles. The van der Waals surface area contributed by atoms with Gasteiger partial charge in [-0.25, -0.2) is 8.42 Å². The van der Waals surface area contributed by atoms with Gasteiger partial charge >= 0.3 is 0 Å². The Labute approximate surface area is 177 Å². The molecular weight excluding hydrogens is 408 g/mol. The van der Waals surface area contributed by atoms with E-state index in [-0.39, 0.29) is 21.9 Å². The van der Waals surface area contributed by atoms with Crippen LogP contribution in [-0.4, -0.2) is 37.8 Å². The van der Waals surface area contributed by atoms with Crippen molar-refractivity contribution >= 4 is 33.2 Å². The minimum atomic E-state index is -3.75. The topological polar surface area (TPSA) is 57.7 Å². The second-order valence-electron chi connectivity index (χ2n) is 8.11. The Balaban J connectivity index is 1.70. The van der Waals surface area contributed by atoms with Crippen molar-refractivity contribution in [3.63, 3.8) is 0 Å². The number of piperidine rings is 1. The van der Waals surface area contributed by atoms with Crippen molar-refractivity contribution in [2.45, 2.75) is 44.0 Å². The standard InChI is InChI=1S/C22H25ClN2O3S/c1-15-6-5-11-24(14-15)29(27,28)21-13-18(9-10-19(21)23)22(26)25-16(2)12-17-7-3-4-8-20(17)25/h3-4,7-10,13,15-16H,5-6,11-12,14H2,1-2H3. The fourth-order valence-corrected chi connectivity index (χ4v) is 6.45. The number of fused-ring (bicyclic) bond motifs is 1. The van der Waals surface area contributed by atoms with Gasteiger partial charge in [0.25, 0.3) is 5.91 Å². The number of carbonyl (C=O) groups excluding carboxylic acids is 1. The van der Waals surface area contributed by atoms with Crippen LogP contribution >= 0.6 is 11.6 Å². The van der Waals surface area contributed by atoms with E-state index in [2.05, 4.69) is 6.92 Å². The summed E-state index contributed by atoms with van der Waals surface area (Å²) in [6.45, 7) is 5.01. The van der Waals surface area contributed by atoms with Crippen molar-refractivity contribution in [1.82, 2.24) is 4.31 Å². The molecule has 0 aliphatic carbocycles. The summed E-state index contributed by atoms with van der Waals surface area (Å²) >= 11 is 6.28. The molecule has 2 aromatic rings. The van der Waals surface area contributed by atoms with Crippen LogP contribution in [0.4, 0.5) is 5.69 Å². The van der Waals surface area contributed by atoms with Crippen LogP contribution in [0.3, 0.4) is 0 Å². The molecule has 5 nitrogen and oxygen atoms in total. The number of carbonyl (C=O) groups is 1. The first-order chi connectivity index (χ1) is 13.8. The number of rotatable bonds is 3. The molecule has 154 valence electrons. The molecule has 2 aromatic carbocycles. The SMILES string of the molecule is CC1CCCN(S(=O)(=O)c2cc(C(=O)N3c4ccccc4CC3C)ccc2Cl)C1. The molecule has 0 saturated carbocycles. The van der Waals surface area contributed by atoms with Crippen molar-refractivity contribution < 1.29 is 13.2 Å². The lowest BCUT2D eigenvalue weighted by molar-refractivity contribution is 0.0981. The zero-order valence-corrected chi connectivity index (χ0v) is 18.2. The molecule has 2 aliphatic heterocycles. The number of hydrogen-bond acceptors (Lipinski definition) is 3. The molecule has 0 bridgehead atoms. The summed E-state index contributed by atoms with van der Waals surface area (Å²) in [5.74, 6) is 0.103. The Hall–Kier alpha value is -1.89. The Bertz CT molecular complexity index is 1050. The lowest BCUT2D eigenvalue weighted by Crippen LogP contribution is -2.39. The quantitative estimate of drug-likeness (QED) is 0.724. The fourth-order valence-electron chi connectivity index (χ4n) is 4.35. The van der Waals surface area contributed by atoms with Gasteiger partial charge in [-0.2, -0.15) is 4.31 Å². The summed E-state index contributed by atoms with van der Waals surface area (Å²) < 4.78 is 27.9. The van der Waals surface area contributed by atoms with Crippen LogP contribution in [0.15, 0.2) is 47.4 Å². The van der Waals surface area contributed by atoms with Crippen molar-refractivity contribution in [3.05, 3.63) is 58.6 Å². The van der Waals surface area contributed by atoms with Crippen LogP contribution in [0.2, 0.25) is 5.02 Å². The van der Waals surface area contributed by atoms with Crippen LogP contribution in [-0.2, 0) is 16.4 Å². The molecule has 0 N–H and O–H groups in total. The lowest BCUT2D eigenvalue weighted by atomic mass is 10.0. The zero-order valence-electron chi connectivity index (χ0n) is 16.6. The highest BCUT2D eigenvalue weighted by Crippen LogP contribution is 2.34. The van der Waals surface area contributed by atoms with E-state index in [1.807, 2.05) is 31.2 Å². The molecule has 4 rings (SSSR count). The molecule has 2 aliphatic rings. The maximum atomic E-state index is 13.3. The minimum Gasteiger partial charge on any atom is -0.305 e. The average Bonchev–Trinajstić information content (AvgIpc) is 3.03. The Kier molecular flexibility index (Phi) is 5.44. The molecular formula is C22H25ClN2O3S. The highest BCUT2D eigenvalue weighted by Gasteiger charge is 2.34. The number of nitrogens with zero attached hydrogens (tertiary/aromatic N) is 2. The highest BCUT2D eigenvalue weighted by molar-refractivity contribution is 7.89. The van der Waals surface area contributed by atoms with E-state index in [1.54, 1.807) is 11.0 Å². The van der Waals surface area contributed by atoms with Gasteiger partial charge < -0.3 is 4.90 Å². The molecule has 1 fully saturated rings. The van der Waals surface area contributed by atoms with Crippen LogP contribution in [0.1, 0.15) is 42.6 Å². The maximum Gasteiger partial charge on any atom is 0.258 e. The van der Waals surface area contributed by atoms with Gasteiger partial charge in [0.2, 0.25) is 10.0 Å². The summed E-state index contributed by atoms with van der Waals surface area (Å²) in [5.41, 5.74) is 2.34. The van der Waals surface area contributed by atoms with Gasteiger partial charge in [-0.1, -0.05) is 36.7 Å². The number of para-hydroxylation sites is 1. The molecule has 1 saturated heterocycles. The van der Waals surface area contributed by atoms with Crippen molar-refractivity contribution in [2.24, 2.45) is 5.92 Å². The second kappa shape index (κ2) is 7.74. The first-order valence-electron chi connectivity index (χ1n) is 10.00. The lowest BCUT2D eigenvalue weighted by Gasteiger charge is -2.30. The number of sulfonamides is 1. The molecule has 29 heavy (non-hydrogen) atoms. The molecule has 2 heterocycles. The van der Waals surface area contributed by atoms with E-state index < -0.39 is 10.0 Å². The number of hydrogen-bond donors (Lipinski definition) is 0. The van der Waals surface area contributed by atoms with Gasteiger partial charge in [0.05, 0.1) is 5.02 Å². The highest BCUT2D eigenvalue weighted by atomic mass is 35.5. The van der Waals surface area contributed by atoms with Gasteiger partial charge in [-0.05, 0) is 61.9 Å². The average molecular weight is 433 g/mol. The first-order valence-corrected chi connectivity index (χ1v) is 11.8. The summed E-state index contributed by atoms with van der Waals surface area (Å²) in [6, 6.07) is 12.4. The molecule has 0 spiro atoms. The largest absolute Gasteiger partial charge is 0.305 e. The second-order valence-corrected chi connectivity index (χ2v) is 10.4. The molecule has 2 unspecified atom stereocenters. The summed E-state index contributed by atoms with van der Waals surface area (Å²) in [5, 5.41) is 0.148. The van der Waals surface area contributed by atoms with Crippen LogP contribution in [0.5, 0.6) is 0 Å². The normalized spacial score (nSPS) is 22.5. The summed E-state index contributed by atoms with van der Waals surface area (Å²) in [7, 11) is -3.75. The van der Waals surface area contributed by atoms with Crippen molar-refractivity contribution in [3.8, 4) is 0 Å². The van der Waals surface area contributed by atoms with E-state index in [9.17, 15) is 13.2 Å². The van der Waals surface area contributed by atoms with Gasteiger partial charge in [-0.15, -0.1) is 0 Å². The van der Waals surface area contributed by atoms with Crippen molar-refractivity contribution in [1.29, 1.82) is 0 Å². The Morgan fingerprint density at radius 2 is 1.90 bits per heavy atom. The molecule has 2 atom stereocenters. The molecule has 7 heteroatoms. The third-order valence-electron chi connectivity index (χ3n) is 5.84. The predicted molar refractivity (Wildman–Crippen MR) is 115 cm³/mol. The van der Waals surface area contributed by atoms with E-state index in [0.29, 0.717) is 24.6 Å². The van der Waals surface area contributed by atoms with Crippen LogP contribution in [0, 0.1) is 5.92 Å². The third-order valence-corrected chi connectivity index (χ3v) is 8.19. The van der Waals surface area contributed by atoms with Crippen LogP contribution in [0.25, 0.3) is 0 Å². The van der Waals surface area contributed by atoms with E-state index >= 15 is 0 Å². The van der Waals surface area contributed by atoms with Crippen LogP contribution < -0.4 is 4.90 Å². The van der Waals surface area contributed by atoms with Gasteiger partial charge in [0, 0.05) is 30.4 Å². The number of anilines is 1. The zero-order chi connectivity index (χ0) is 20.8. The Morgan fingerprint density at radius 3 is 2.66 bits per heavy atom. The number of benzene rings is 2. The van der Waals surface area contributed by atoms with Crippen molar-refractivity contribution in [2.75, 3.05) is 18.0 Å². The third kappa shape index (κ3) is 3.69. The maximum absolute atomic E-state index is 13.3. The number of amides is 1. The minimum absolute atomic E-state index is 0.0126. The smallest absolute Gasteiger partial charge is 0.258 e.